The van der Waals surface area contributed by atoms with Crippen LogP contribution in [-0.4, -0.2) is 22.8 Å². The molecule has 1 atom stereocenters. The van der Waals surface area contributed by atoms with Gasteiger partial charge in [0.15, 0.2) is 9.04 Å². The molecule has 0 aliphatic rings. The Bertz CT molecular complexity index is 352. The molecule has 1 aromatic carbocycles. The highest BCUT2D eigenvalue weighted by Crippen LogP contribution is 2.11. The third kappa shape index (κ3) is 5.62. The fourth-order valence-corrected chi connectivity index (χ4v) is 4.10. The molecule has 1 unspecified atom stereocenters. The van der Waals surface area contributed by atoms with E-state index in [1.807, 2.05) is 6.08 Å². The summed E-state index contributed by atoms with van der Waals surface area (Å²) in [7, 11) is 0.658. The third-order valence-electron chi connectivity index (χ3n) is 2.93. The lowest BCUT2D eigenvalue weighted by molar-refractivity contribution is 0.207. The van der Waals surface area contributed by atoms with Crippen LogP contribution >= 0.6 is 0 Å². The highest BCUT2D eigenvalue weighted by Gasteiger charge is 2.10. The van der Waals surface area contributed by atoms with Gasteiger partial charge in [-0.3, -0.25) is 0 Å². The van der Waals surface area contributed by atoms with E-state index in [0.717, 1.165) is 24.8 Å². The molecule has 0 saturated heterocycles. The summed E-state index contributed by atoms with van der Waals surface area (Å²) in [5.74, 6) is 0. The van der Waals surface area contributed by atoms with Crippen molar-refractivity contribution in [3.8, 4) is 0 Å². The van der Waals surface area contributed by atoms with Gasteiger partial charge >= 0.3 is 0 Å². The molecule has 0 fully saturated rings. The number of ether oxygens (including phenoxy) is 1. The Morgan fingerprint density at radius 3 is 2.83 bits per heavy atom. The Morgan fingerprint density at radius 2 is 2.17 bits per heavy atom. The van der Waals surface area contributed by atoms with Crippen molar-refractivity contribution >= 4 is 15.1 Å². The molecule has 2 nitrogen and oxygen atoms in total. The molecule has 0 heterocycles. The smallest absolute Gasteiger partial charge is 0.179 e. The summed E-state index contributed by atoms with van der Waals surface area (Å²) in [6.45, 7) is 7.55. The van der Waals surface area contributed by atoms with E-state index in [9.17, 15) is 0 Å². The average molecular weight is 264 g/mol. The van der Waals surface area contributed by atoms with Gasteiger partial charge in [0.05, 0.1) is 6.61 Å². The second-order valence-corrected chi connectivity index (χ2v) is 7.18. The van der Waals surface area contributed by atoms with Crippen LogP contribution < -0.4 is 0 Å². The summed E-state index contributed by atoms with van der Waals surface area (Å²) in [6.07, 6.45) is 3.07. The van der Waals surface area contributed by atoms with Gasteiger partial charge in [0, 0.05) is 13.7 Å². The summed E-state index contributed by atoms with van der Waals surface area (Å²) >= 11 is 0. The molecule has 3 heteroatoms. The minimum Gasteiger partial charge on any atom is -0.416 e. The molecular formula is C15H24O2Si. The van der Waals surface area contributed by atoms with Crippen molar-refractivity contribution in [1.82, 2.24) is 0 Å². The van der Waals surface area contributed by atoms with Crippen LogP contribution in [0.25, 0.3) is 6.08 Å². The highest BCUT2D eigenvalue weighted by molar-refractivity contribution is 6.51. The number of hydrogen-bond donors (Lipinski definition) is 0. The van der Waals surface area contributed by atoms with Crippen molar-refractivity contribution in [2.75, 3.05) is 13.7 Å². The maximum atomic E-state index is 6.09. The maximum Gasteiger partial charge on any atom is 0.179 e. The Morgan fingerprint density at radius 1 is 1.33 bits per heavy atom. The quantitative estimate of drug-likeness (QED) is 0.634. The molecule has 1 aromatic rings. The molecule has 0 radical (unpaired) electrons. The van der Waals surface area contributed by atoms with E-state index in [-0.39, 0.29) is 0 Å². The van der Waals surface area contributed by atoms with Crippen molar-refractivity contribution < 1.29 is 9.16 Å². The predicted molar refractivity (Wildman–Crippen MR) is 80.3 cm³/mol. The number of methoxy groups -OCH3 is 1. The molecule has 0 N–H and O–H groups in total. The SMILES string of the molecule is C=Cc1cccc(CO[SiH](CCC)CCOC)c1. The normalized spacial score (nSPS) is 12.3. The van der Waals surface area contributed by atoms with Gasteiger partial charge in [-0.15, -0.1) is 0 Å². The summed E-state index contributed by atoms with van der Waals surface area (Å²) in [4.78, 5) is 0. The van der Waals surface area contributed by atoms with Crippen LogP contribution in [0.4, 0.5) is 0 Å². The molecule has 0 saturated carbocycles. The first-order valence-electron chi connectivity index (χ1n) is 6.62. The van der Waals surface area contributed by atoms with Gasteiger partial charge < -0.3 is 9.16 Å². The molecule has 0 bridgehead atoms. The maximum absolute atomic E-state index is 6.09. The fourth-order valence-electron chi connectivity index (χ4n) is 1.91. The monoisotopic (exact) mass is 264 g/mol. The molecule has 0 aliphatic heterocycles. The van der Waals surface area contributed by atoms with Crippen LogP contribution in [-0.2, 0) is 15.8 Å². The Hall–Kier alpha value is -0.903. The van der Waals surface area contributed by atoms with Crippen molar-refractivity contribution in [2.24, 2.45) is 0 Å². The zero-order valence-electron chi connectivity index (χ0n) is 11.5. The lowest BCUT2D eigenvalue weighted by atomic mass is 10.1. The van der Waals surface area contributed by atoms with Crippen LogP contribution in [0.15, 0.2) is 30.8 Å². The molecule has 100 valence electrons. The Balaban J connectivity index is 2.46. The van der Waals surface area contributed by atoms with E-state index in [1.165, 1.54) is 18.0 Å². The zero-order valence-corrected chi connectivity index (χ0v) is 12.7. The minimum absolute atomic E-state index is 0.724. The summed E-state index contributed by atoms with van der Waals surface area (Å²) < 4.78 is 11.2. The van der Waals surface area contributed by atoms with Gasteiger partial charge in [0.2, 0.25) is 0 Å². The molecule has 0 aliphatic carbocycles. The van der Waals surface area contributed by atoms with Crippen LogP contribution in [0.2, 0.25) is 12.1 Å². The lowest BCUT2D eigenvalue weighted by Gasteiger charge is -2.15. The Kier molecular flexibility index (Phi) is 7.65. The van der Waals surface area contributed by atoms with Crippen LogP contribution in [0.3, 0.4) is 0 Å². The van der Waals surface area contributed by atoms with Crippen LogP contribution in [0.1, 0.15) is 24.5 Å². The average Bonchev–Trinajstić information content (AvgIpc) is 2.42. The predicted octanol–water partition coefficient (Wildman–Crippen LogP) is 3.63. The van der Waals surface area contributed by atoms with Crippen molar-refractivity contribution in [2.45, 2.75) is 32.0 Å². The molecule has 18 heavy (non-hydrogen) atoms. The van der Waals surface area contributed by atoms with Crippen molar-refractivity contribution in [3.63, 3.8) is 0 Å². The molecule has 0 aromatic heterocycles. The van der Waals surface area contributed by atoms with Crippen molar-refractivity contribution in [3.05, 3.63) is 42.0 Å². The standard InChI is InChI=1S/C15H24O2Si/c1-4-10-18(11-9-16-3)17-13-15-8-6-7-14(5-2)12-15/h5-8,12,18H,2,4,9-11,13H2,1,3H3. The highest BCUT2D eigenvalue weighted by atomic mass is 28.3. The van der Waals surface area contributed by atoms with Gasteiger partial charge in [-0.05, 0) is 29.3 Å². The van der Waals surface area contributed by atoms with Crippen LogP contribution in [0, 0.1) is 0 Å². The number of hydrogen-bond acceptors (Lipinski definition) is 2. The summed E-state index contributed by atoms with van der Waals surface area (Å²) in [5.41, 5.74) is 2.39. The Labute approximate surface area is 112 Å². The summed E-state index contributed by atoms with van der Waals surface area (Å²) in [5, 5.41) is 0. The number of benzene rings is 1. The van der Waals surface area contributed by atoms with E-state index in [1.54, 1.807) is 7.11 Å². The minimum atomic E-state index is -1.10. The number of rotatable bonds is 9. The largest absolute Gasteiger partial charge is 0.416 e. The molecular weight excluding hydrogens is 240 g/mol. The van der Waals surface area contributed by atoms with Crippen LogP contribution in [0.5, 0.6) is 0 Å². The topological polar surface area (TPSA) is 18.5 Å². The fraction of sp³-hybridized carbons (Fsp3) is 0.467. The van der Waals surface area contributed by atoms with E-state index < -0.39 is 9.04 Å². The zero-order chi connectivity index (χ0) is 13.2. The van der Waals surface area contributed by atoms with E-state index in [4.69, 9.17) is 9.16 Å². The third-order valence-corrected chi connectivity index (χ3v) is 5.67. The first kappa shape index (κ1) is 15.2. The van der Waals surface area contributed by atoms with Gasteiger partial charge in [0.1, 0.15) is 0 Å². The summed E-state index contributed by atoms with van der Waals surface area (Å²) in [6, 6.07) is 10.7. The second-order valence-electron chi connectivity index (χ2n) is 4.45. The second kappa shape index (κ2) is 9.08. The van der Waals surface area contributed by atoms with E-state index in [2.05, 4.69) is 37.8 Å². The molecule has 0 spiro atoms. The van der Waals surface area contributed by atoms with Crippen molar-refractivity contribution in [1.29, 1.82) is 0 Å². The molecule has 1 rings (SSSR count). The first-order valence-corrected chi connectivity index (χ1v) is 8.72. The molecule has 0 amide bonds. The van der Waals surface area contributed by atoms with Gasteiger partial charge in [0.25, 0.3) is 0 Å². The van der Waals surface area contributed by atoms with E-state index in [0.29, 0.717) is 0 Å². The first-order chi connectivity index (χ1) is 8.80. The van der Waals surface area contributed by atoms with E-state index >= 15 is 0 Å². The lowest BCUT2D eigenvalue weighted by Crippen LogP contribution is -2.19. The van der Waals surface area contributed by atoms with Gasteiger partial charge in [-0.1, -0.05) is 44.2 Å². The van der Waals surface area contributed by atoms with Gasteiger partial charge in [-0.25, -0.2) is 0 Å². The van der Waals surface area contributed by atoms with Gasteiger partial charge in [-0.2, -0.15) is 0 Å².